The number of cyclic esters (lactones) is 1. The number of carbonyl (C=O) groups is 4. The lowest BCUT2D eigenvalue weighted by Gasteiger charge is -2.39. The summed E-state index contributed by atoms with van der Waals surface area (Å²) in [5.41, 5.74) is 10.4. The van der Waals surface area contributed by atoms with Gasteiger partial charge in [-0.2, -0.15) is 0 Å². The molecule has 3 amide bonds. The van der Waals surface area contributed by atoms with Crippen LogP contribution in [0.25, 0.3) is 27.7 Å². The first-order valence-corrected chi connectivity index (χ1v) is 25.6. The van der Waals surface area contributed by atoms with Crippen LogP contribution in [0.5, 0.6) is 0 Å². The van der Waals surface area contributed by atoms with E-state index in [9.17, 15) is 14.4 Å². The lowest BCUT2D eigenvalue weighted by atomic mass is 9.84. The summed E-state index contributed by atoms with van der Waals surface area (Å²) in [7, 11) is 1.72. The average Bonchev–Trinajstić information content (AvgIpc) is 3.60. The number of fused-ring (bicyclic) bond motifs is 6. The Morgan fingerprint density at radius 3 is 2.62 bits per heavy atom. The van der Waals surface area contributed by atoms with Gasteiger partial charge in [-0.15, -0.1) is 0 Å². The summed E-state index contributed by atoms with van der Waals surface area (Å²) < 4.78 is 19.8. The van der Waals surface area contributed by atoms with Crippen molar-refractivity contribution in [2.45, 2.75) is 129 Å². The van der Waals surface area contributed by atoms with E-state index in [1.165, 1.54) is 11.1 Å². The molecule has 7 atom stereocenters. The molecule has 1 aliphatic carbocycles. The van der Waals surface area contributed by atoms with Gasteiger partial charge in [0.15, 0.2) is 6.10 Å². The van der Waals surface area contributed by atoms with Crippen molar-refractivity contribution in [2.75, 3.05) is 72.7 Å². The maximum Gasteiger partial charge on any atom is 0.324 e. The second-order valence-electron chi connectivity index (χ2n) is 21.7. The van der Waals surface area contributed by atoms with Crippen LogP contribution in [0.2, 0.25) is 0 Å². The Hall–Kier alpha value is -4.67. The van der Waals surface area contributed by atoms with Gasteiger partial charge >= 0.3 is 5.97 Å². The summed E-state index contributed by atoms with van der Waals surface area (Å²) in [6, 6.07) is 9.01. The first kappa shape index (κ1) is 47.0. The Bertz CT molecular complexity index is 2440. The number of hydrazine groups is 1. The molecule has 6 aliphatic heterocycles. The van der Waals surface area contributed by atoms with Crippen molar-refractivity contribution in [3.63, 3.8) is 0 Å². The molecule has 1 saturated carbocycles. The van der Waals surface area contributed by atoms with Crippen LogP contribution in [-0.4, -0.2) is 150 Å². The van der Waals surface area contributed by atoms with Crippen LogP contribution < -0.4 is 10.7 Å². The van der Waals surface area contributed by atoms with E-state index < -0.39 is 17.5 Å². The van der Waals surface area contributed by atoms with E-state index >= 15 is 4.79 Å². The molecule has 8 heterocycles. The number of pyridine rings is 1. The molecule has 15 nitrogen and oxygen atoms in total. The third kappa shape index (κ3) is 9.37. The van der Waals surface area contributed by atoms with E-state index in [0.717, 1.165) is 111 Å². The van der Waals surface area contributed by atoms with Crippen LogP contribution in [-0.2, 0) is 46.4 Å². The van der Waals surface area contributed by atoms with Gasteiger partial charge in [-0.3, -0.25) is 39.0 Å². The normalized spacial score (nSPS) is 28.9. The van der Waals surface area contributed by atoms with Crippen molar-refractivity contribution in [2.24, 2.45) is 16.7 Å². The zero-order valence-corrected chi connectivity index (χ0v) is 40.9. The largest absolute Gasteiger partial charge is 0.464 e. The van der Waals surface area contributed by atoms with Crippen molar-refractivity contribution >= 4 is 40.2 Å². The number of esters is 1. The number of nitrogens with zero attached hydrogens (tertiary/aromatic N) is 6. The number of ether oxygens (including phenoxy) is 3. The minimum Gasteiger partial charge on any atom is -0.464 e. The number of nitrogens with one attached hydrogen (secondary N) is 2. The van der Waals surface area contributed by atoms with Crippen molar-refractivity contribution in [3.05, 3.63) is 59.4 Å². The zero-order chi connectivity index (χ0) is 47.3. The van der Waals surface area contributed by atoms with Gasteiger partial charge in [0.25, 0.3) is 11.8 Å². The summed E-state index contributed by atoms with van der Waals surface area (Å²) in [6.45, 7) is 15.0. The Kier molecular flexibility index (Phi) is 13.3. The van der Waals surface area contributed by atoms with Gasteiger partial charge in [0.05, 0.1) is 36.7 Å². The molecule has 1 spiro atoms. The van der Waals surface area contributed by atoms with E-state index in [0.29, 0.717) is 52.0 Å². The number of amides is 3. The minimum absolute atomic E-state index is 0.0424. The molecule has 7 aliphatic rings. The quantitative estimate of drug-likeness (QED) is 0.207. The molecule has 366 valence electrons. The number of methoxy groups -OCH3 is 1. The zero-order valence-electron chi connectivity index (χ0n) is 40.9. The summed E-state index contributed by atoms with van der Waals surface area (Å²) >= 11 is 0. The number of benzene rings is 1. The van der Waals surface area contributed by atoms with E-state index in [4.69, 9.17) is 19.2 Å². The molecule has 68 heavy (non-hydrogen) atoms. The SMILES string of the molecule is CCn1c(-c2cccnc2[C@H](C)OC)c2c3cc(ccc31)C1=CCCN(C1)C[C@H](NC(=O)C(C1CCCC1)N1CC[C@]3(CCN(C(=O)[C@H]4CO4)C3)C1)C(=O)N1CCC[C@H](N1)C(=O)OCC(C)(C)C2. The molecule has 4 saturated heterocycles. The molecule has 6 bridgehead atoms. The van der Waals surface area contributed by atoms with Crippen LogP contribution in [0.3, 0.4) is 0 Å². The number of hydrogen-bond donors (Lipinski definition) is 2. The van der Waals surface area contributed by atoms with Crippen molar-refractivity contribution in [1.29, 1.82) is 0 Å². The molecule has 0 radical (unpaired) electrons. The van der Waals surface area contributed by atoms with Crippen LogP contribution >= 0.6 is 0 Å². The molecule has 2 aromatic heterocycles. The van der Waals surface area contributed by atoms with E-state index in [1.807, 2.05) is 24.1 Å². The number of aromatic nitrogens is 2. The lowest BCUT2D eigenvalue weighted by Crippen LogP contribution is -2.63. The standard InChI is InChI=1S/C53H72N8O7/c1-6-60-43-18-17-36-26-39(43)40(47(60)38-15-9-21-54-45(38)34(2)66-5)27-52(3,4)33-68-51(65)41-16-11-23-61(56-41)49(63)42(29-57-22-10-14-37(36)28-57)55-48(62)46(35-12-7-8-13-35)58-24-19-53(31-58)20-25-59(32-53)50(64)44-30-67-44/h9,14-15,17-18,21,26,34-35,41-42,44,46,56H,6-8,10-13,16,19-20,22-25,27-33H2,1-5H3,(H,55,62)/t34-,41-,42-,44+,46?,53-/m0/s1. The molecular formula is C53H72N8O7. The Morgan fingerprint density at radius 2 is 1.84 bits per heavy atom. The molecule has 10 rings (SSSR count). The van der Waals surface area contributed by atoms with Gasteiger partial charge in [-0.1, -0.05) is 38.8 Å². The molecule has 15 heteroatoms. The molecule has 3 aromatic rings. The van der Waals surface area contributed by atoms with Crippen molar-refractivity contribution in [1.82, 2.24) is 40.0 Å². The number of carbonyl (C=O) groups excluding carboxylic acids is 4. The third-order valence-corrected chi connectivity index (χ3v) is 16.3. The maximum atomic E-state index is 15.1. The Labute approximate surface area is 401 Å². The van der Waals surface area contributed by atoms with E-state index in [2.05, 4.69) is 76.2 Å². The first-order valence-electron chi connectivity index (χ1n) is 25.6. The predicted octanol–water partition coefficient (Wildman–Crippen LogP) is 5.51. The van der Waals surface area contributed by atoms with Crippen LogP contribution in [0.1, 0.15) is 108 Å². The number of aryl methyl sites for hydroxylation is 1. The number of likely N-dealkylation sites (tertiary alicyclic amines) is 2. The Balaban J connectivity index is 0.977. The summed E-state index contributed by atoms with van der Waals surface area (Å²) in [5, 5.41) is 6.11. The van der Waals surface area contributed by atoms with E-state index in [1.54, 1.807) is 12.1 Å². The highest BCUT2D eigenvalue weighted by Gasteiger charge is 2.51. The highest BCUT2D eigenvalue weighted by atomic mass is 16.6. The topological polar surface area (TPSA) is 154 Å². The number of rotatable bonds is 9. The molecular weight excluding hydrogens is 861 g/mol. The summed E-state index contributed by atoms with van der Waals surface area (Å²) in [5.74, 6) is -0.429. The second kappa shape index (κ2) is 19.3. The average molecular weight is 933 g/mol. The summed E-state index contributed by atoms with van der Waals surface area (Å²) in [4.78, 5) is 68.6. The van der Waals surface area contributed by atoms with Crippen LogP contribution in [0, 0.1) is 16.7 Å². The first-order chi connectivity index (χ1) is 32.8. The van der Waals surface area contributed by atoms with Gasteiger partial charge in [0.1, 0.15) is 12.1 Å². The van der Waals surface area contributed by atoms with Gasteiger partial charge in [0.2, 0.25) is 5.91 Å². The molecule has 2 unspecified atom stereocenters. The van der Waals surface area contributed by atoms with Crippen molar-refractivity contribution in [3.8, 4) is 11.3 Å². The second-order valence-corrected chi connectivity index (χ2v) is 21.7. The monoisotopic (exact) mass is 933 g/mol. The predicted molar refractivity (Wildman–Crippen MR) is 259 cm³/mol. The smallest absolute Gasteiger partial charge is 0.324 e. The van der Waals surface area contributed by atoms with Gasteiger partial charge in [0, 0.05) is 93.0 Å². The molecule has 1 aromatic carbocycles. The van der Waals surface area contributed by atoms with Gasteiger partial charge < -0.3 is 29.0 Å². The van der Waals surface area contributed by atoms with Crippen molar-refractivity contribution < 1.29 is 33.4 Å². The highest BCUT2D eigenvalue weighted by Crippen LogP contribution is 2.44. The fourth-order valence-corrected chi connectivity index (χ4v) is 12.6. The van der Waals surface area contributed by atoms with Crippen LogP contribution in [0.15, 0.2) is 42.6 Å². The Morgan fingerprint density at radius 1 is 1.03 bits per heavy atom. The maximum absolute atomic E-state index is 15.1. The third-order valence-electron chi connectivity index (χ3n) is 16.3. The summed E-state index contributed by atoms with van der Waals surface area (Å²) in [6.07, 6.45) is 12.2. The minimum atomic E-state index is -0.848. The lowest BCUT2D eigenvalue weighted by molar-refractivity contribution is -0.155. The van der Waals surface area contributed by atoms with Gasteiger partial charge in [-0.05, 0) is 119 Å². The van der Waals surface area contributed by atoms with E-state index in [-0.39, 0.29) is 59.9 Å². The fraction of sp³-hybridized carbons (Fsp3) is 0.642. The van der Waals surface area contributed by atoms with Crippen LogP contribution in [0.4, 0.5) is 0 Å². The molecule has 5 fully saturated rings. The van der Waals surface area contributed by atoms with Gasteiger partial charge in [-0.25, -0.2) is 5.43 Å². The number of epoxide rings is 1. The fourth-order valence-electron chi connectivity index (χ4n) is 12.6. The highest BCUT2D eigenvalue weighted by molar-refractivity contribution is 5.95. The number of hydrogen-bond acceptors (Lipinski definition) is 11. The molecule has 2 N–H and O–H groups in total.